The first kappa shape index (κ1) is 13.1. The van der Waals surface area contributed by atoms with Crippen LogP contribution in [0.1, 0.15) is 57.6 Å². The van der Waals surface area contributed by atoms with Crippen LogP contribution in [0.2, 0.25) is 0 Å². The summed E-state index contributed by atoms with van der Waals surface area (Å²) in [4.78, 5) is 0. The second kappa shape index (κ2) is 6.55. The van der Waals surface area contributed by atoms with Gasteiger partial charge in [-0.15, -0.1) is 0 Å². The van der Waals surface area contributed by atoms with Crippen molar-refractivity contribution in [3.05, 3.63) is 22.4 Å². The maximum atomic E-state index is 3.77. The van der Waals surface area contributed by atoms with Crippen molar-refractivity contribution in [1.82, 2.24) is 5.32 Å². The van der Waals surface area contributed by atoms with E-state index in [0.29, 0.717) is 6.04 Å². The predicted molar refractivity (Wildman–Crippen MR) is 76.5 cm³/mol. The highest BCUT2D eigenvalue weighted by molar-refractivity contribution is 7.07. The van der Waals surface area contributed by atoms with Gasteiger partial charge >= 0.3 is 0 Å². The normalized spacial score (nSPS) is 26.2. The third-order valence-corrected chi connectivity index (χ3v) is 4.85. The molecule has 3 atom stereocenters. The van der Waals surface area contributed by atoms with Crippen LogP contribution < -0.4 is 5.32 Å². The van der Waals surface area contributed by atoms with Crippen LogP contribution in [0, 0.1) is 11.8 Å². The molecule has 0 radical (unpaired) electrons. The van der Waals surface area contributed by atoms with Gasteiger partial charge in [-0.1, -0.05) is 26.7 Å². The second-order valence-corrected chi connectivity index (χ2v) is 6.12. The van der Waals surface area contributed by atoms with Crippen LogP contribution in [-0.4, -0.2) is 6.54 Å². The molecule has 1 fully saturated rings. The molecule has 1 aromatic rings. The number of nitrogens with one attached hydrogen (secondary N) is 1. The molecule has 96 valence electrons. The topological polar surface area (TPSA) is 12.0 Å². The summed E-state index contributed by atoms with van der Waals surface area (Å²) in [6.07, 6.45) is 6.87. The summed E-state index contributed by atoms with van der Waals surface area (Å²) in [5, 5.41) is 8.30. The first-order chi connectivity index (χ1) is 8.35. The molecule has 0 bridgehead atoms. The molecule has 17 heavy (non-hydrogen) atoms. The lowest BCUT2D eigenvalue weighted by Crippen LogP contribution is -2.27. The van der Waals surface area contributed by atoms with Gasteiger partial charge in [0.1, 0.15) is 0 Å². The van der Waals surface area contributed by atoms with E-state index in [9.17, 15) is 0 Å². The Kier molecular flexibility index (Phi) is 5.05. The molecule has 0 aromatic carbocycles. The van der Waals surface area contributed by atoms with Gasteiger partial charge in [-0.05, 0) is 60.0 Å². The summed E-state index contributed by atoms with van der Waals surface area (Å²) >= 11 is 1.83. The Hall–Kier alpha value is -0.340. The molecular weight excluding hydrogens is 226 g/mol. The predicted octanol–water partition coefficient (Wildman–Crippen LogP) is 4.62. The average molecular weight is 251 g/mol. The van der Waals surface area contributed by atoms with E-state index in [-0.39, 0.29) is 0 Å². The van der Waals surface area contributed by atoms with Gasteiger partial charge in [-0.3, -0.25) is 0 Å². The van der Waals surface area contributed by atoms with Crippen molar-refractivity contribution in [3.63, 3.8) is 0 Å². The fraction of sp³-hybridized carbons (Fsp3) is 0.733. The molecule has 0 saturated heterocycles. The number of hydrogen-bond donors (Lipinski definition) is 1. The molecule has 2 rings (SSSR count). The smallest absolute Gasteiger partial charge is 0.0357 e. The molecule has 1 aliphatic rings. The fourth-order valence-electron chi connectivity index (χ4n) is 3.10. The monoisotopic (exact) mass is 251 g/mol. The van der Waals surface area contributed by atoms with Gasteiger partial charge in [0.2, 0.25) is 0 Å². The molecule has 1 saturated carbocycles. The third kappa shape index (κ3) is 3.32. The first-order valence-electron chi connectivity index (χ1n) is 7.10. The number of hydrogen-bond acceptors (Lipinski definition) is 2. The molecule has 0 amide bonds. The Bertz CT molecular complexity index is 307. The van der Waals surface area contributed by atoms with Crippen LogP contribution in [0.4, 0.5) is 0 Å². The van der Waals surface area contributed by atoms with Crippen molar-refractivity contribution in [2.75, 3.05) is 6.54 Å². The average Bonchev–Trinajstić information content (AvgIpc) is 3.00. The van der Waals surface area contributed by atoms with E-state index in [1.807, 2.05) is 11.3 Å². The van der Waals surface area contributed by atoms with Gasteiger partial charge in [0.15, 0.2) is 0 Å². The van der Waals surface area contributed by atoms with Gasteiger partial charge in [-0.2, -0.15) is 11.3 Å². The third-order valence-electron chi connectivity index (χ3n) is 4.15. The van der Waals surface area contributed by atoms with Crippen molar-refractivity contribution in [1.29, 1.82) is 0 Å². The maximum absolute atomic E-state index is 3.77. The van der Waals surface area contributed by atoms with Crippen molar-refractivity contribution in [2.45, 2.75) is 52.0 Å². The zero-order valence-electron chi connectivity index (χ0n) is 11.1. The van der Waals surface area contributed by atoms with Gasteiger partial charge in [-0.25, -0.2) is 0 Å². The van der Waals surface area contributed by atoms with Crippen LogP contribution in [0.15, 0.2) is 16.8 Å². The number of rotatable bonds is 6. The molecule has 1 aliphatic carbocycles. The Balaban J connectivity index is 2.00. The zero-order chi connectivity index (χ0) is 12.1. The van der Waals surface area contributed by atoms with Crippen molar-refractivity contribution in [3.8, 4) is 0 Å². The molecule has 1 nitrogen and oxygen atoms in total. The van der Waals surface area contributed by atoms with E-state index in [1.165, 1.54) is 37.7 Å². The molecule has 3 unspecified atom stereocenters. The lowest BCUT2D eigenvalue weighted by Gasteiger charge is -2.24. The second-order valence-electron chi connectivity index (χ2n) is 5.34. The van der Waals surface area contributed by atoms with E-state index < -0.39 is 0 Å². The van der Waals surface area contributed by atoms with Crippen LogP contribution in [0.5, 0.6) is 0 Å². The van der Waals surface area contributed by atoms with Crippen LogP contribution in [0.25, 0.3) is 0 Å². The SMILES string of the molecule is CCCNC(c1ccsc1)C1CCC(CC)C1. The summed E-state index contributed by atoms with van der Waals surface area (Å²) in [5.74, 6) is 1.84. The highest BCUT2D eigenvalue weighted by Crippen LogP contribution is 2.40. The van der Waals surface area contributed by atoms with E-state index in [1.54, 1.807) is 0 Å². The Labute approximate surface area is 110 Å². The summed E-state index contributed by atoms with van der Waals surface area (Å²) < 4.78 is 0. The zero-order valence-corrected chi connectivity index (χ0v) is 11.9. The fourth-order valence-corrected chi connectivity index (χ4v) is 3.79. The van der Waals surface area contributed by atoms with E-state index in [4.69, 9.17) is 0 Å². The highest BCUT2D eigenvalue weighted by Gasteiger charge is 2.30. The summed E-state index contributed by atoms with van der Waals surface area (Å²) in [7, 11) is 0. The lowest BCUT2D eigenvalue weighted by molar-refractivity contribution is 0.354. The van der Waals surface area contributed by atoms with E-state index in [2.05, 4.69) is 36.0 Å². The van der Waals surface area contributed by atoms with E-state index >= 15 is 0 Å². The Morgan fingerprint density at radius 1 is 1.41 bits per heavy atom. The van der Waals surface area contributed by atoms with Crippen molar-refractivity contribution >= 4 is 11.3 Å². The van der Waals surface area contributed by atoms with Crippen molar-refractivity contribution < 1.29 is 0 Å². The largest absolute Gasteiger partial charge is 0.310 e. The molecule has 2 heteroatoms. The molecule has 0 spiro atoms. The standard InChI is InChI=1S/C15H25NS/c1-3-8-16-15(14-7-9-17-11-14)13-6-5-12(4-2)10-13/h7,9,11-13,15-16H,3-6,8,10H2,1-2H3. The van der Waals surface area contributed by atoms with Gasteiger partial charge in [0, 0.05) is 6.04 Å². The minimum absolute atomic E-state index is 0.609. The van der Waals surface area contributed by atoms with Gasteiger partial charge in [0.05, 0.1) is 0 Å². The quantitative estimate of drug-likeness (QED) is 0.778. The van der Waals surface area contributed by atoms with Crippen LogP contribution in [-0.2, 0) is 0 Å². The number of thiophene rings is 1. The lowest BCUT2D eigenvalue weighted by atomic mass is 9.92. The van der Waals surface area contributed by atoms with Gasteiger partial charge in [0.25, 0.3) is 0 Å². The van der Waals surface area contributed by atoms with E-state index in [0.717, 1.165) is 18.4 Å². The Morgan fingerprint density at radius 2 is 2.29 bits per heavy atom. The molecule has 0 aliphatic heterocycles. The minimum atomic E-state index is 0.609. The maximum Gasteiger partial charge on any atom is 0.0357 e. The summed E-state index contributed by atoms with van der Waals surface area (Å²) in [5.41, 5.74) is 1.52. The summed E-state index contributed by atoms with van der Waals surface area (Å²) in [6, 6.07) is 2.91. The summed E-state index contributed by atoms with van der Waals surface area (Å²) in [6.45, 7) is 5.74. The van der Waals surface area contributed by atoms with Crippen molar-refractivity contribution in [2.24, 2.45) is 11.8 Å². The highest BCUT2D eigenvalue weighted by atomic mass is 32.1. The first-order valence-corrected chi connectivity index (χ1v) is 8.04. The van der Waals surface area contributed by atoms with Crippen LogP contribution in [0.3, 0.4) is 0 Å². The molecule has 1 N–H and O–H groups in total. The molecule has 1 heterocycles. The Morgan fingerprint density at radius 3 is 2.88 bits per heavy atom. The van der Waals surface area contributed by atoms with Gasteiger partial charge < -0.3 is 5.32 Å². The minimum Gasteiger partial charge on any atom is -0.310 e. The molecule has 1 aromatic heterocycles. The molecular formula is C15H25NS. The van der Waals surface area contributed by atoms with Crippen LogP contribution >= 0.6 is 11.3 Å².